The predicted molar refractivity (Wildman–Crippen MR) is 111 cm³/mol. The van der Waals surface area contributed by atoms with Gasteiger partial charge in [-0.3, -0.25) is 14.5 Å². The van der Waals surface area contributed by atoms with Gasteiger partial charge in [-0.15, -0.1) is 0 Å². The van der Waals surface area contributed by atoms with Gasteiger partial charge in [-0.1, -0.05) is 0 Å². The molecule has 0 radical (unpaired) electrons. The number of amides is 1. The highest BCUT2D eigenvalue weighted by molar-refractivity contribution is 5.95. The molecule has 0 bridgehead atoms. The zero-order valence-corrected chi connectivity index (χ0v) is 17.2. The number of hydrogen-bond donors (Lipinski definition) is 0. The fraction of sp³-hybridized carbons (Fsp3) is 0.409. The minimum Gasteiger partial charge on any atom is -0.338 e. The topological polar surface area (TPSA) is 76.8 Å². The van der Waals surface area contributed by atoms with Crippen LogP contribution in [0.3, 0.4) is 0 Å². The Morgan fingerprint density at radius 3 is 2.72 bits per heavy atom. The lowest BCUT2D eigenvalue weighted by Crippen LogP contribution is -2.39. The Labute approximate surface area is 170 Å². The molecular formula is C22H26N6O. The lowest BCUT2D eigenvalue weighted by Gasteiger charge is -2.33. The fourth-order valence-electron chi connectivity index (χ4n) is 4.08. The molecule has 1 fully saturated rings. The average molecular weight is 390 g/mol. The van der Waals surface area contributed by atoms with Crippen LogP contribution in [-0.2, 0) is 6.54 Å². The molecule has 7 nitrogen and oxygen atoms in total. The van der Waals surface area contributed by atoms with E-state index in [0.29, 0.717) is 12.1 Å². The molecule has 0 aliphatic carbocycles. The smallest absolute Gasteiger partial charge is 0.257 e. The van der Waals surface area contributed by atoms with E-state index in [1.54, 1.807) is 18.6 Å². The van der Waals surface area contributed by atoms with Crippen LogP contribution in [0.25, 0.3) is 11.1 Å². The second-order valence-electron chi connectivity index (χ2n) is 7.50. The summed E-state index contributed by atoms with van der Waals surface area (Å²) in [6.45, 7) is 8.08. The number of rotatable bonds is 4. The van der Waals surface area contributed by atoms with Crippen molar-refractivity contribution in [1.82, 2.24) is 29.6 Å². The molecule has 1 atom stereocenters. The largest absolute Gasteiger partial charge is 0.338 e. The summed E-state index contributed by atoms with van der Waals surface area (Å²) in [5.41, 5.74) is 4.71. The summed E-state index contributed by atoms with van der Waals surface area (Å²) in [5.74, 6) is 0.989. The second-order valence-corrected chi connectivity index (χ2v) is 7.50. The zero-order valence-electron chi connectivity index (χ0n) is 17.2. The zero-order chi connectivity index (χ0) is 20.4. The Hall–Kier alpha value is -3.09. The number of carbonyl (C=O) groups is 1. The molecule has 4 rings (SSSR count). The van der Waals surface area contributed by atoms with Gasteiger partial charge in [0, 0.05) is 55.4 Å². The van der Waals surface area contributed by atoms with Crippen molar-refractivity contribution in [2.24, 2.45) is 0 Å². The van der Waals surface area contributed by atoms with Gasteiger partial charge in [-0.25, -0.2) is 9.97 Å². The van der Waals surface area contributed by atoms with Crippen LogP contribution >= 0.6 is 0 Å². The van der Waals surface area contributed by atoms with E-state index in [4.69, 9.17) is 4.98 Å². The van der Waals surface area contributed by atoms with E-state index in [2.05, 4.69) is 15.1 Å². The molecule has 0 unspecified atom stereocenters. The first-order valence-corrected chi connectivity index (χ1v) is 10.1. The predicted octanol–water partition coefficient (Wildman–Crippen LogP) is 3.39. The number of pyridine rings is 1. The molecule has 0 saturated carbocycles. The van der Waals surface area contributed by atoms with Crippen molar-refractivity contribution in [1.29, 1.82) is 0 Å². The Morgan fingerprint density at radius 2 is 2.00 bits per heavy atom. The van der Waals surface area contributed by atoms with E-state index < -0.39 is 0 Å². The first-order chi connectivity index (χ1) is 14.1. The molecule has 3 aromatic rings. The number of carbonyl (C=O) groups excluding carboxylic acids is 1. The highest BCUT2D eigenvalue weighted by Gasteiger charge is 2.29. The Bertz CT molecular complexity index is 1010. The van der Waals surface area contributed by atoms with Gasteiger partial charge in [0.1, 0.15) is 5.82 Å². The normalized spacial score (nSPS) is 16.8. The van der Waals surface area contributed by atoms with E-state index in [1.165, 1.54) is 0 Å². The number of aryl methyl sites for hydroxylation is 2. The van der Waals surface area contributed by atoms with E-state index in [-0.39, 0.29) is 11.8 Å². The van der Waals surface area contributed by atoms with Gasteiger partial charge in [0.2, 0.25) is 0 Å². The van der Waals surface area contributed by atoms with Crippen LogP contribution in [0.5, 0.6) is 0 Å². The second kappa shape index (κ2) is 8.11. The van der Waals surface area contributed by atoms with Crippen molar-refractivity contribution >= 4 is 5.91 Å². The van der Waals surface area contributed by atoms with Gasteiger partial charge in [0.15, 0.2) is 0 Å². The Balaban J connectivity index is 1.63. The number of aromatic nitrogens is 5. The van der Waals surface area contributed by atoms with Crippen LogP contribution in [0, 0.1) is 13.8 Å². The summed E-state index contributed by atoms with van der Waals surface area (Å²) >= 11 is 0. The third-order valence-electron chi connectivity index (χ3n) is 5.66. The summed E-state index contributed by atoms with van der Waals surface area (Å²) in [6.07, 6.45) is 9.11. The van der Waals surface area contributed by atoms with Crippen molar-refractivity contribution in [3.05, 3.63) is 59.7 Å². The first kappa shape index (κ1) is 19.2. The van der Waals surface area contributed by atoms with Crippen molar-refractivity contribution in [2.75, 3.05) is 13.1 Å². The number of likely N-dealkylation sites (tertiary alicyclic amines) is 1. The molecule has 4 heterocycles. The molecule has 1 amide bonds. The van der Waals surface area contributed by atoms with Crippen molar-refractivity contribution in [3.63, 3.8) is 0 Å². The van der Waals surface area contributed by atoms with Crippen LogP contribution in [0.4, 0.5) is 0 Å². The lowest BCUT2D eigenvalue weighted by atomic mass is 9.90. The summed E-state index contributed by atoms with van der Waals surface area (Å²) in [4.78, 5) is 28.4. The fourth-order valence-corrected chi connectivity index (χ4v) is 4.08. The molecule has 150 valence electrons. The molecule has 1 aliphatic rings. The number of hydrogen-bond acceptors (Lipinski definition) is 5. The number of nitrogens with zero attached hydrogens (tertiary/aromatic N) is 6. The quantitative estimate of drug-likeness (QED) is 0.682. The van der Waals surface area contributed by atoms with E-state index in [9.17, 15) is 4.79 Å². The van der Waals surface area contributed by atoms with Crippen molar-refractivity contribution < 1.29 is 4.79 Å². The van der Waals surface area contributed by atoms with Gasteiger partial charge in [-0.05, 0) is 51.3 Å². The standard InChI is InChI=1S/C22H26N6O/c1-4-28-15(2)19(13-25-28)22(29)27-11-5-6-18(14-27)21-20(12-24-16(3)26-21)17-7-9-23-10-8-17/h7-10,12-13,18H,4-6,11,14H2,1-3H3/t18-/m1/s1. The van der Waals surface area contributed by atoms with Crippen LogP contribution in [-0.4, -0.2) is 48.6 Å². The van der Waals surface area contributed by atoms with Gasteiger partial charge in [0.05, 0.1) is 17.5 Å². The Morgan fingerprint density at radius 1 is 1.21 bits per heavy atom. The van der Waals surface area contributed by atoms with Crippen molar-refractivity contribution in [2.45, 2.75) is 46.1 Å². The molecule has 0 aromatic carbocycles. The first-order valence-electron chi connectivity index (χ1n) is 10.1. The van der Waals surface area contributed by atoms with E-state index in [0.717, 1.165) is 54.3 Å². The van der Waals surface area contributed by atoms with Gasteiger partial charge in [0.25, 0.3) is 5.91 Å². The molecule has 1 saturated heterocycles. The molecule has 0 N–H and O–H groups in total. The summed E-state index contributed by atoms with van der Waals surface area (Å²) in [5, 5.41) is 4.34. The van der Waals surface area contributed by atoms with Crippen LogP contribution < -0.4 is 0 Å². The minimum atomic E-state index is 0.0585. The van der Waals surface area contributed by atoms with E-state index in [1.807, 2.05) is 48.7 Å². The molecule has 1 aliphatic heterocycles. The lowest BCUT2D eigenvalue weighted by molar-refractivity contribution is 0.0705. The summed E-state index contributed by atoms with van der Waals surface area (Å²) < 4.78 is 1.87. The third-order valence-corrected chi connectivity index (χ3v) is 5.66. The van der Waals surface area contributed by atoms with Crippen LogP contribution in [0.1, 0.15) is 53.3 Å². The Kier molecular flexibility index (Phi) is 5.38. The minimum absolute atomic E-state index is 0.0585. The van der Waals surface area contributed by atoms with Crippen LogP contribution in [0.15, 0.2) is 36.9 Å². The maximum atomic E-state index is 13.2. The third kappa shape index (κ3) is 3.77. The molecular weight excluding hydrogens is 364 g/mol. The SMILES string of the molecule is CCn1ncc(C(=O)N2CCC[C@@H](c3nc(C)ncc3-c3ccncc3)C2)c1C. The molecule has 7 heteroatoms. The summed E-state index contributed by atoms with van der Waals surface area (Å²) in [6, 6.07) is 3.96. The van der Waals surface area contributed by atoms with Crippen molar-refractivity contribution in [3.8, 4) is 11.1 Å². The molecule has 29 heavy (non-hydrogen) atoms. The highest BCUT2D eigenvalue weighted by Crippen LogP contribution is 2.33. The van der Waals surface area contributed by atoms with Crippen LogP contribution in [0.2, 0.25) is 0 Å². The average Bonchev–Trinajstić information content (AvgIpc) is 3.14. The summed E-state index contributed by atoms with van der Waals surface area (Å²) in [7, 11) is 0. The van der Waals surface area contributed by atoms with E-state index >= 15 is 0 Å². The van der Waals surface area contributed by atoms with Gasteiger partial charge < -0.3 is 4.90 Å². The van der Waals surface area contributed by atoms with Gasteiger partial charge in [-0.2, -0.15) is 5.10 Å². The maximum absolute atomic E-state index is 13.2. The number of piperidine rings is 1. The van der Waals surface area contributed by atoms with Gasteiger partial charge >= 0.3 is 0 Å². The molecule has 0 spiro atoms. The maximum Gasteiger partial charge on any atom is 0.257 e. The molecule has 3 aromatic heterocycles. The monoisotopic (exact) mass is 390 g/mol. The highest BCUT2D eigenvalue weighted by atomic mass is 16.2.